The summed E-state index contributed by atoms with van der Waals surface area (Å²) in [4.78, 5) is 0.203. The first-order valence-electron chi connectivity index (χ1n) is 3.17. The molecule has 1 fully saturated rings. The Kier molecular flexibility index (Phi) is 2.50. The fraction of sp³-hybridized carbons (Fsp3) is 1.00. The van der Waals surface area contributed by atoms with Crippen molar-refractivity contribution >= 4 is 15.9 Å². The molecule has 0 aromatic carbocycles. The summed E-state index contributed by atoms with van der Waals surface area (Å²) in [6, 6.07) is 0. The Balaban J connectivity index is 2.35. The SMILES string of the molecule is OC[C@@H]1C[C@H](O)[C@@H](Br)C1. The van der Waals surface area contributed by atoms with E-state index in [1.165, 1.54) is 0 Å². The summed E-state index contributed by atoms with van der Waals surface area (Å²) < 4.78 is 0. The van der Waals surface area contributed by atoms with Crippen LogP contribution in [0.2, 0.25) is 0 Å². The van der Waals surface area contributed by atoms with Crippen molar-refractivity contribution in [2.45, 2.75) is 23.8 Å². The second kappa shape index (κ2) is 2.99. The Labute approximate surface area is 63.0 Å². The molecule has 2 nitrogen and oxygen atoms in total. The zero-order chi connectivity index (χ0) is 6.85. The Hall–Kier alpha value is 0.400. The first-order valence-corrected chi connectivity index (χ1v) is 4.08. The van der Waals surface area contributed by atoms with Crippen LogP contribution in [0.1, 0.15) is 12.8 Å². The van der Waals surface area contributed by atoms with Gasteiger partial charge >= 0.3 is 0 Å². The van der Waals surface area contributed by atoms with Gasteiger partial charge in [0.05, 0.1) is 6.10 Å². The molecule has 0 radical (unpaired) electrons. The summed E-state index contributed by atoms with van der Waals surface area (Å²) in [5.41, 5.74) is 0. The highest BCUT2D eigenvalue weighted by Crippen LogP contribution is 2.30. The maximum Gasteiger partial charge on any atom is 0.0668 e. The van der Waals surface area contributed by atoms with E-state index < -0.39 is 0 Å². The summed E-state index contributed by atoms with van der Waals surface area (Å²) in [7, 11) is 0. The molecule has 1 rings (SSSR count). The Morgan fingerprint density at radius 2 is 2.11 bits per heavy atom. The van der Waals surface area contributed by atoms with Crippen LogP contribution >= 0.6 is 15.9 Å². The third-order valence-electron chi connectivity index (χ3n) is 1.81. The second-order valence-corrected chi connectivity index (χ2v) is 3.78. The van der Waals surface area contributed by atoms with Gasteiger partial charge in [-0.25, -0.2) is 0 Å². The number of rotatable bonds is 1. The van der Waals surface area contributed by atoms with Crippen molar-refractivity contribution in [1.82, 2.24) is 0 Å². The first kappa shape index (κ1) is 7.51. The van der Waals surface area contributed by atoms with E-state index in [9.17, 15) is 0 Å². The quantitative estimate of drug-likeness (QED) is 0.598. The summed E-state index contributed by atoms with van der Waals surface area (Å²) in [5.74, 6) is 0.310. The third-order valence-corrected chi connectivity index (χ3v) is 2.79. The lowest BCUT2D eigenvalue weighted by atomic mass is 10.1. The van der Waals surface area contributed by atoms with E-state index in [1.807, 2.05) is 0 Å². The molecule has 1 saturated carbocycles. The Bertz CT molecular complexity index is 87.1. The van der Waals surface area contributed by atoms with Gasteiger partial charge in [-0.05, 0) is 18.8 Å². The topological polar surface area (TPSA) is 40.5 Å². The van der Waals surface area contributed by atoms with Crippen molar-refractivity contribution in [3.63, 3.8) is 0 Å². The minimum atomic E-state index is -0.248. The molecule has 0 aromatic heterocycles. The van der Waals surface area contributed by atoms with Crippen LogP contribution in [0, 0.1) is 5.92 Å². The highest BCUT2D eigenvalue weighted by Gasteiger charge is 2.30. The van der Waals surface area contributed by atoms with Crippen molar-refractivity contribution in [3.8, 4) is 0 Å². The van der Waals surface area contributed by atoms with Gasteiger partial charge < -0.3 is 10.2 Å². The minimum Gasteiger partial charge on any atom is -0.396 e. The van der Waals surface area contributed by atoms with E-state index in [-0.39, 0.29) is 17.5 Å². The standard InChI is InChI=1S/C6H11BrO2/c7-5-1-4(3-8)2-6(5)9/h4-6,8-9H,1-3H2/t4-,5-,6-/m0/s1. The summed E-state index contributed by atoms with van der Waals surface area (Å²) in [5, 5.41) is 17.8. The van der Waals surface area contributed by atoms with Crippen LogP contribution < -0.4 is 0 Å². The molecule has 1 aliphatic carbocycles. The van der Waals surface area contributed by atoms with Crippen molar-refractivity contribution in [2.75, 3.05) is 6.61 Å². The molecule has 0 unspecified atom stereocenters. The molecule has 0 aromatic rings. The average molecular weight is 195 g/mol. The highest BCUT2D eigenvalue weighted by molar-refractivity contribution is 9.09. The molecular weight excluding hydrogens is 184 g/mol. The third kappa shape index (κ3) is 1.66. The molecule has 0 amide bonds. The van der Waals surface area contributed by atoms with E-state index in [1.54, 1.807) is 0 Å². The van der Waals surface area contributed by atoms with Crippen molar-refractivity contribution < 1.29 is 10.2 Å². The highest BCUT2D eigenvalue weighted by atomic mass is 79.9. The summed E-state index contributed by atoms with van der Waals surface area (Å²) in [6.07, 6.45) is 1.39. The van der Waals surface area contributed by atoms with Crippen LogP contribution in [-0.2, 0) is 0 Å². The molecule has 3 atom stereocenters. The van der Waals surface area contributed by atoms with Gasteiger partial charge in [0.15, 0.2) is 0 Å². The van der Waals surface area contributed by atoms with Gasteiger partial charge in [-0.1, -0.05) is 15.9 Å². The zero-order valence-corrected chi connectivity index (χ0v) is 6.71. The molecule has 9 heavy (non-hydrogen) atoms. The molecule has 1 aliphatic rings. The van der Waals surface area contributed by atoms with Gasteiger partial charge in [0, 0.05) is 11.4 Å². The molecule has 3 heteroatoms. The normalized spacial score (nSPS) is 43.7. The lowest BCUT2D eigenvalue weighted by molar-refractivity contribution is 0.167. The maximum absolute atomic E-state index is 9.14. The monoisotopic (exact) mass is 194 g/mol. The van der Waals surface area contributed by atoms with Crippen molar-refractivity contribution in [3.05, 3.63) is 0 Å². The molecule has 0 aliphatic heterocycles. The van der Waals surface area contributed by atoms with Crippen LogP contribution in [0.5, 0.6) is 0 Å². The van der Waals surface area contributed by atoms with E-state index in [0.29, 0.717) is 5.92 Å². The van der Waals surface area contributed by atoms with Gasteiger partial charge in [0.1, 0.15) is 0 Å². The van der Waals surface area contributed by atoms with Gasteiger partial charge in [-0.3, -0.25) is 0 Å². The number of aliphatic hydroxyl groups excluding tert-OH is 2. The Morgan fingerprint density at radius 1 is 1.44 bits per heavy atom. The summed E-state index contributed by atoms with van der Waals surface area (Å²) >= 11 is 3.32. The Morgan fingerprint density at radius 3 is 2.33 bits per heavy atom. The van der Waals surface area contributed by atoms with E-state index in [0.717, 1.165) is 12.8 Å². The van der Waals surface area contributed by atoms with Crippen LogP contribution in [0.25, 0.3) is 0 Å². The number of aliphatic hydroxyl groups is 2. The largest absolute Gasteiger partial charge is 0.396 e. The smallest absolute Gasteiger partial charge is 0.0668 e. The maximum atomic E-state index is 9.14. The lowest BCUT2D eigenvalue weighted by Crippen LogP contribution is -2.10. The average Bonchev–Trinajstić information content (AvgIpc) is 2.13. The summed E-state index contributed by atoms with van der Waals surface area (Å²) in [6.45, 7) is 0.208. The van der Waals surface area contributed by atoms with E-state index in [4.69, 9.17) is 10.2 Å². The van der Waals surface area contributed by atoms with Gasteiger partial charge in [0.2, 0.25) is 0 Å². The molecule has 0 spiro atoms. The molecule has 0 bridgehead atoms. The van der Waals surface area contributed by atoms with Crippen LogP contribution in [0.4, 0.5) is 0 Å². The number of hydrogen-bond acceptors (Lipinski definition) is 2. The molecule has 54 valence electrons. The fourth-order valence-corrected chi connectivity index (χ4v) is 1.95. The minimum absolute atomic E-state index is 0.203. The predicted molar refractivity (Wildman–Crippen MR) is 38.5 cm³/mol. The van der Waals surface area contributed by atoms with Crippen molar-refractivity contribution in [2.24, 2.45) is 5.92 Å². The molecular formula is C6H11BrO2. The van der Waals surface area contributed by atoms with Crippen LogP contribution in [0.3, 0.4) is 0 Å². The number of halogens is 1. The molecule has 0 heterocycles. The van der Waals surface area contributed by atoms with Gasteiger partial charge in [0.25, 0.3) is 0 Å². The molecule has 2 N–H and O–H groups in total. The molecule has 0 saturated heterocycles. The van der Waals surface area contributed by atoms with Crippen molar-refractivity contribution in [1.29, 1.82) is 0 Å². The van der Waals surface area contributed by atoms with E-state index in [2.05, 4.69) is 15.9 Å². The van der Waals surface area contributed by atoms with Crippen LogP contribution in [-0.4, -0.2) is 27.8 Å². The zero-order valence-electron chi connectivity index (χ0n) is 5.13. The predicted octanol–water partition coefficient (Wildman–Crippen LogP) is 0.513. The number of alkyl halides is 1. The van der Waals surface area contributed by atoms with Gasteiger partial charge in [-0.2, -0.15) is 0 Å². The van der Waals surface area contributed by atoms with Crippen LogP contribution in [0.15, 0.2) is 0 Å². The van der Waals surface area contributed by atoms with Gasteiger partial charge in [-0.15, -0.1) is 0 Å². The fourth-order valence-electron chi connectivity index (χ4n) is 1.21. The van der Waals surface area contributed by atoms with E-state index >= 15 is 0 Å². The number of hydrogen-bond donors (Lipinski definition) is 2. The second-order valence-electron chi connectivity index (χ2n) is 2.60. The lowest BCUT2D eigenvalue weighted by Gasteiger charge is -2.02. The first-order chi connectivity index (χ1) is 4.24.